The fourth-order valence-corrected chi connectivity index (χ4v) is 5.87. The molecule has 10 heteroatoms. The van der Waals surface area contributed by atoms with Gasteiger partial charge in [0.15, 0.2) is 11.5 Å². The van der Waals surface area contributed by atoms with Gasteiger partial charge in [-0.1, -0.05) is 24.6 Å². The largest absolute Gasteiger partial charge is 0.454 e. The highest BCUT2D eigenvalue weighted by atomic mass is 32.2. The lowest BCUT2D eigenvalue weighted by molar-refractivity contribution is -0.125. The summed E-state index contributed by atoms with van der Waals surface area (Å²) < 4.78 is 38.3. The average Bonchev–Trinajstić information content (AvgIpc) is 3.35. The minimum absolute atomic E-state index is 0.0514. The first-order valence-corrected chi connectivity index (χ1v) is 13.7. The molecule has 2 aliphatic heterocycles. The number of fused-ring (bicyclic) bond motifs is 1. The Labute approximate surface area is 212 Å². The first kappa shape index (κ1) is 26.0. The summed E-state index contributed by atoms with van der Waals surface area (Å²) in [6, 6.07) is 10.8. The molecular weight excluding hydrogens is 482 g/mol. The fraction of sp³-hybridized carbons (Fsp3) is 0.462. The van der Waals surface area contributed by atoms with Crippen molar-refractivity contribution in [1.29, 1.82) is 0 Å². The number of hydrogen-bond acceptors (Lipinski definition) is 6. The number of hydrogen-bond donors (Lipinski definition) is 2. The molecule has 1 saturated heterocycles. The van der Waals surface area contributed by atoms with Crippen molar-refractivity contribution >= 4 is 21.8 Å². The van der Waals surface area contributed by atoms with Crippen LogP contribution in [-0.2, 0) is 14.8 Å². The summed E-state index contributed by atoms with van der Waals surface area (Å²) in [5.74, 6) is 0.180. The summed E-state index contributed by atoms with van der Waals surface area (Å²) >= 11 is 0. The highest BCUT2D eigenvalue weighted by molar-refractivity contribution is 7.89. The maximum Gasteiger partial charge on any atom is 0.252 e. The molecule has 0 aromatic heterocycles. The van der Waals surface area contributed by atoms with Gasteiger partial charge in [-0.05, 0) is 69.4 Å². The van der Waals surface area contributed by atoms with E-state index in [-0.39, 0.29) is 42.6 Å². The number of carbonyl (C=O) groups is 2. The van der Waals surface area contributed by atoms with Crippen LogP contribution in [0.3, 0.4) is 0 Å². The van der Waals surface area contributed by atoms with Crippen LogP contribution in [0.4, 0.5) is 0 Å². The molecule has 0 radical (unpaired) electrons. The van der Waals surface area contributed by atoms with Gasteiger partial charge in [0.2, 0.25) is 22.7 Å². The molecule has 194 valence electrons. The Hall–Kier alpha value is -3.11. The van der Waals surface area contributed by atoms with Crippen LogP contribution in [0.2, 0.25) is 0 Å². The zero-order valence-electron chi connectivity index (χ0n) is 20.8. The lowest BCUT2D eigenvalue weighted by Gasteiger charge is -2.35. The lowest BCUT2D eigenvalue weighted by Crippen LogP contribution is -2.55. The first-order chi connectivity index (χ1) is 17.2. The number of sulfonamides is 1. The molecule has 36 heavy (non-hydrogen) atoms. The maximum atomic E-state index is 13.2. The van der Waals surface area contributed by atoms with Crippen LogP contribution in [0.5, 0.6) is 11.5 Å². The molecule has 1 fully saturated rings. The lowest BCUT2D eigenvalue weighted by atomic mass is 9.89. The van der Waals surface area contributed by atoms with Gasteiger partial charge >= 0.3 is 0 Å². The molecule has 0 spiro atoms. The summed E-state index contributed by atoms with van der Waals surface area (Å²) in [7, 11) is -3.62. The van der Waals surface area contributed by atoms with Gasteiger partial charge in [0, 0.05) is 24.7 Å². The number of benzene rings is 2. The summed E-state index contributed by atoms with van der Waals surface area (Å²) in [5.41, 5.74) is 1.35. The van der Waals surface area contributed by atoms with Crippen molar-refractivity contribution < 1.29 is 27.5 Å². The van der Waals surface area contributed by atoms with E-state index in [0.29, 0.717) is 29.9 Å². The van der Waals surface area contributed by atoms with Crippen molar-refractivity contribution in [1.82, 2.24) is 14.9 Å². The van der Waals surface area contributed by atoms with E-state index < -0.39 is 22.0 Å². The Balaban J connectivity index is 1.48. The van der Waals surface area contributed by atoms with Crippen molar-refractivity contribution in [2.45, 2.75) is 57.0 Å². The molecule has 4 rings (SSSR count). The smallest absolute Gasteiger partial charge is 0.252 e. The molecule has 2 aliphatic rings. The SMILES string of the molecule is CCC(C)NC(=O)C(NC(=O)c1ccc2c(c1)OCO2)C1CCN(S(=O)(=O)c2ccc(C)cc2)CC1. The van der Waals surface area contributed by atoms with Crippen molar-refractivity contribution in [3.8, 4) is 11.5 Å². The molecule has 2 aromatic carbocycles. The first-order valence-electron chi connectivity index (χ1n) is 12.3. The van der Waals surface area contributed by atoms with Gasteiger partial charge in [0.05, 0.1) is 4.90 Å². The van der Waals surface area contributed by atoms with Gasteiger partial charge in [-0.3, -0.25) is 9.59 Å². The van der Waals surface area contributed by atoms with E-state index in [2.05, 4.69) is 10.6 Å². The van der Waals surface area contributed by atoms with Crippen molar-refractivity contribution in [3.05, 3.63) is 53.6 Å². The maximum absolute atomic E-state index is 13.2. The standard InChI is InChI=1S/C26H33N3O6S/c1-4-18(3)27-26(31)24(28-25(30)20-7-10-22-23(15-20)35-16-34-22)19-11-13-29(14-12-19)36(32,33)21-8-5-17(2)6-9-21/h5-10,15,18-19,24H,4,11-14,16H2,1-3H3,(H,27,31)(H,28,30). The minimum atomic E-state index is -3.62. The summed E-state index contributed by atoms with van der Waals surface area (Å²) in [4.78, 5) is 26.6. The molecule has 2 N–H and O–H groups in total. The van der Waals surface area contributed by atoms with Crippen LogP contribution >= 0.6 is 0 Å². The molecule has 2 atom stereocenters. The van der Waals surface area contributed by atoms with E-state index in [9.17, 15) is 18.0 Å². The molecule has 9 nitrogen and oxygen atoms in total. The second-order valence-corrected chi connectivity index (χ2v) is 11.3. The number of carbonyl (C=O) groups excluding carboxylic acids is 2. The van der Waals surface area contributed by atoms with E-state index in [1.54, 1.807) is 42.5 Å². The third-order valence-corrected chi connectivity index (χ3v) is 8.75. The Morgan fingerprint density at radius 2 is 1.69 bits per heavy atom. The van der Waals surface area contributed by atoms with Gasteiger partial charge in [0.1, 0.15) is 6.04 Å². The Morgan fingerprint density at radius 3 is 2.36 bits per heavy atom. The van der Waals surface area contributed by atoms with E-state index in [0.717, 1.165) is 12.0 Å². The highest BCUT2D eigenvalue weighted by Gasteiger charge is 2.36. The van der Waals surface area contributed by atoms with E-state index in [1.807, 2.05) is 20.8 Å². The summed E-state index contributed by atoms with van der Waals surface area (Å²) in [6.45, 7) is 6.43. The Kier molecular flexibility index (Phi) is 7.85. The van der Waals surface area contributed by atoms with Gasteiger partial charge < -0.3 is 20.1 Å². The predicted molar refractivity (Wildman–Crippen MR) is 134 cm³/mol. The summed E-state index contributed by atoms with van der Waals surface area (Å²) in [6.07, 6.45) is 1.65. The van der Waals surface area contributed by atoms with Crippen LogP contribution in [-0.4, -0.2) is 56.5 Å². The normalized spacial score (nSPS) is 17.9. The monoisotopic (exact) mass is 515 g/mol. The third kappa shape index (κ3) is 5.65. The molecule has 0 aliphatic carbocycles. The second-order valence-electron chi connectivity index (χ2n) is 9.39. The molecule has 2 unspecified atom stereocenters. The third-order valence-electron chi connectivity index (χ3n) is 6.83. The number of amides is 2. The minimum Gasteiger partial charge on any atom is -0.454 e. The Morgan fingerprint density at radius 1 is 1.03 bits per heavy atom. The number of piperidine rings is 1. The predicted octanol–water partition coefficient (Wildman–Crippen LogP) is 2.84. The molecule has 0 saturated carbocycles. The van der Waals surface area contributed by atoms with Crippen LogP contribution in [0.15, 0.2) is 47.4 Å². The van der Waals surface area contributed by atoms with E-state index in [4.69, 9.17) is 9.47 Å². The van der Waals surface area contributed by atoms with Gasteiger partial charge in [-0.2, -0.15) is 4.31 Å². The fourth-order valence-electron chi connectivity index (χ4n) is 4.40. The van der Waals surface area contributed by atoms with Crippen molar-refractivity contribution in [3.63, 3.8) is 0 Å². The van der Waals surface area contributed by atoms with Crippen LogP contribution in [0.25, 0.3) is 0 Å². The number of ether oxygens (including phenoxy) is 2. The zero-order chi connectivity index (χ0) is 25.9. The van der Waals surface area contributed by atoms with E-state index >= 15 is 0 Å². The summed E-state index contributed by atoms with van der Waals surface area (Å²) in [5, 5.41) is 5.87. The van der Waals surface area contributed by atoms with Crippen LogP contribution in [0.1, 0.15) is 49.0 Å². The second kappa shape index (κ2) is 10.9. The highest BCUT2D eigenvalue weighted by Crippen LogP contribution is 2.33. The molecular formula is C26H33N3O6S. The quantitative estimate of drug-likeness (QED) is 0.559. The van der Waals surface area contributed by atoms with Gasteiger partial charge in [-0.15, -0.1) is 0 Å². The number of rotatable bonds is 8. The Bertz CT molecular complexity index is 1210. The van der Waals surface area contributed by atoms with Crippen LogP contribution in [0, 0.1) is 12.8 Å². The van der Waals surface area contributed by atoms with Crippen molar-refractivity contribution in [2.24, 2.45) is 5.92 Å². The molecule has 2 amide bonds. The van der Waals surface area contributed by atoms with E-state index in [1.165, 1.54) is 4.31 Å². The van der Waals surface area contributed by atoms with Crippen molar-refractivity contribution in [2.75, 3.05) is 19.9 Å². The number of aryl methyl sites for hydroxylation is 1. The number of nitrogens with one attached hydrogen (secondary N) is 2. The van der Waals surface area contributed by atoms with Gasteiger partial charge in [0.25, 0.3) is 5.91 Å². The zero-order valence-corrected chi connectivity index (χ0v) is 21.6. The molecule has 2 heterocycles. The number of nitrogens with zero attached hydrogens (tertiary/aromatic N) is 1. The average molecular weight is 516 g/mol. The van der Waals surface area contributed by atoms with Gasteiger partial charge in [-0.25, -0.2) is 8.42 Å². The van der Waals surface area contributed by atoms with Crippen LogP contribution < -0.4 is 20.1 Å². The molecule has 0 bridgehead atoms. The molecule has 2 aromatic rings. The topological polar surface area (TPSA) is 114 Å².